The van der Waals surface area contributed by atoms with Crippen LogP contribution in [0, 0.1) is 0 Å². The van der Waals surface area contributed by atoms with Gasteiger partial charge >= 0.3 is 0 Å². The lowest BCUT2D eigenvalue weighted by Gasteiger charge is -2.00. The first kappa shape index (κ1) is 11.7. The second kappa shape index (κ2) is 4.94. The molecule has 0 atom stereocenters. The van der Waals surface area contributed by atoms with Gasteiger partial charge < -0.3 is 0 Å². The molecule has 4 heteroatoms. The molecule has 1 heterocycles. The molecule has 0 aliphatic rings. The van der Waals surface area contributed by atoms with E-state index in [1.807, 2.05) is 6.26 Å². The number of hydrogen-bond donors (Lipinski definition) is 0. The number of thiazole rings is 1. The van der Waals surface area contributed by atoms with Crippen LogP contribution in [0.3, 0.4) is 0 Å². The lowest BCUT2D eigenvalue weighted by atomic mass is 10.1. The SMILES string of the molecule is CSCc1nc(C(C)C)c(C(C)=O)s1. The zero-order valence-corrected chi connectivity index (χ0v) is 10.6. The fourth-order valence-corrected chi connectivity index (χ4v) is 3.02. The number of ketones is 1. The summed E-state index contributed by atoms with van der Waals surface area (Å²) in [5, 5.41) is 1.06. The van der Waals surface area contributed by atoms with Crippen LogP contribution in [-0.2, 0) is 5.75 Å². The maximum absolute atomic E-state index is 11.4. The van der Waals surface area contributed by atoms with Gasteiger partial charge in [-0.05, 0) is 12.2 Å². The van der Waals surface area contributed by atoms with E-state index in [9.17, 15) is 4.79 Å². The number of hydrogen-bond acceptors (Lipinski definition) is 4. The minimum Gasteiger partial charge on any atom is -0.294 e. The Labute approximate surface area is 93.1 Å². The van der Waals surface area contributed by atoms with E-state index in [0.29, 0.717) is 5.92 Å². The molecule has 0 aromatic carbocycles. The van der Waals surface area contributed by atoms with E-state index >= 15 is 0 Å². The van der Waals surface area contributed by atoms with Gasteiger partial charge in [-0.15, -0.1) is 11.3 Å². The molecule has 0 aliphatic carbocycles. The Morgan fingerprint density at radius 3 is 2.57 bits per heavy atom. The van der Waals surface area contributed by atoms with Crippen LogP contribution in [0.2, 0.25) is 0 Å². The molecule has 0 radical (unpaired) electrons. The first-order chi connectivity index (χ1) is 6.56. The highest BCUT2D eigenvalue weighted by Crippen LogP contribution is 2.27. The van der Waals surface area contributed by atoms with E-state index in [-0.39, 0.29) is 5.78 Å². The van der Waals surface area contributed by atoms with Crippen LogP contribution in [0.25, 0.3) is 0 Å². The third-order valence-corrected chi connectivity index (χ3v) is 3.75. The molecule has 0 amide bonds. The van der Waals surface area contributed by atoms with E-state index < -0.39 is 0 Å². The molecule has 0 unspecified atom stereocenters. The number of thioether (sulfide) groups is 1. The number of Topliss-reactive ketones (excluding diaryl/α,β-unsaturated/α-hetero) is 1. The maximum atomic E-state index is 11.4. The average molecular weight is 229 g/mol. The summed E-state index contributed by atoms with van der Waals surface area (Å²) >= 11 is 3.28. The minimum atomic E-state index is 0.138. The Bertz CT molecular complexity index is 331. The van der Waals surface area contributed by atoms with Crippen LogP contribution in [0.5, 0.6) is 0 Å². The van der Waals surface area contributed by atoms with E-state index in [1.165, 1.54) is 11.3 Å². The normalized spacial score (nSPS) is 10.9. The molecule has 1 aromatic heterocycles. The molecule has 0 aliphatic heterocycles. The molecule has 0 saturated carbocycles. The van der Waals surface area contributed by atoms with Crippen LogP contribution in [-0.4, -0.2) is 17.0 Å². The van der Waals surface area contributed by atoms with Crippen molar-refractivity contribution in [1.29, 1.82) is 0 Å². The smallest absolute Gasteiger partial charge is 0.171 e. The average Bonchev–Trinajstić information content (AvgIpc) is 2.49. The predicted molar refractivity (Wildman–Crippen MR) is 63.4 cm³/mol. The molecule has 0 N–H and O–H groups in total. The molecule has 1 rings (SSSR count). The summed E-state index contributed by atoms with van der Waals surface area (Å²) in [5.74, 6) is 1.37. The molecule has 0 spiro atoms. The minimum absolute atomic E-state index is 0.138. The summed E-state index contributed by atoms with van der Waals surface area (Å²) in [6, 6.07) is 0. The first-order valence-electron chi connectivity index (χ1n) is 4.55. The van der Waals surface area contributed by atoms with Gasteiger partial charge in [-0.2, -0.15) is 11.8 Å². The number of rotatable bonds is 4. The summed E-state index contributed by atoms with van der Waals surface area (Å²) in [6.07, 6.45) is 2.05. The number of aromatic nitrogens is 1. The number of nitrogens with zero attached hydrogens (tertiary/aromatic N) is 1. The standard InChI is InChI=1S/C10H15NOS2/c1-6(2)9-10(7(3)12)14-8(11-9)5-13-4/h6H,5H2,1-4H3. The van der Waals surface area contributed by atoms with Gasteiger partial charge in [0.1, 0.15) is 5.01 Å². The second-order valence-electron chi connectivity index (χ2n) is 3.47. The third kappa shape index (κ3) is 2.58. The monoisotopic (exact) mass is 229 g/mol. The van der Waals surface area contributed by atoms with Crippen molar-refractivity contribution in [3.05, 3.63) is 15.6 Å². The number of carbonyl (C=O) groups is 1. The molecule has 2 nitrogen and oxygen atoms in total. The van der Waals surface area contributed by atoms with Gasteiger partial charge in [0.2, 0.25) is 0 Å². The summed E-state index contributed by atoms with van der Waals surface area (Å²) in [5.41, 5.74) is 0.964. The Morgan fingerprint density at radius 2 is 2.21 bits per heavy atom. The van der Waals surface area contributed by atoms with Crippen molar-refractivity contribution in [2.24, 2.45) is 0 Å². The summed E-state index contributed by atoms with van der Waals surface area (Å²) < 4.78 is 0. The summed E-state index contributed by atoms with van der Waals surface area (Å²) in [6.45, 7) is 5.76. The molecule has 0 fully saturated rings. The predicted octanol–water partition coefficient (Wildman–Crippen LogP) is 3.33. The lowest BCUT2D eigenvalue weighted by molar-refractivity contribution is 0.102. The van der Waals surface area contributed by atoms with E-state index in [1.54, 1.807) is 18.7 Å². The molecule has 0 saturated heterocycles. The van der Waals surface area contributed by atoms with Crippen LogP contribution < -0.4 is 0 Å². The molecule has 0 bridgehead atoms. The van der Waals surface area contributed by atoms with Crippen LogP contribution in [0.1, 0.15) is 47.1 Å². The van der Waals surface area contributed by atoms with Gasteiger partial charge in [-0.3, -0.25) is 4.79 Å². The quantitative estimate of drug-likeness (QED) is 0.742. The molecule has 78 valence electrons. The van der Waals surface area contributed by atoms with Gasteiger partial charge in [-0.1, -0.05) is 13.8 Å². The van der Waals surface area contributed by atoms with Crippen molar-refractivity contribution >= 4 is 28.9 Å². The molecule has 1 aromatic rings. The molecular weight excluding hydrogens is 214 g/mol. The summed E-state index contributed by atoms with van der Waals surface area (Å²) in [4.78, 5) is 16.7. The Kier molecular flexibility index (Phi) is 4.13. The molecule has 14 heavy (non-hydrogen) atoms. The highest BCUT2D eigenvalue weighted by Gasteiger charge is 2.16. The van der Waals surface area contributed by atoms with Crippen molar-refractivity contribution in [3.8, 4) is 0 Å². The Hall–Kier alpha value is -0.350. The van der Waals surface area contributed by atoms with Gasteiger partial charge in [0, 0.05) is 12.7 Å². The fourth-order valence-electron chi connectivity index (χ4n) is 1.21. The van der Waals surface area contributed by atoms with Crippen molar-refractivity contribution in [2.75, 3.05) is 6.26 Å². The van der Waals surface area contributed by atoms with E-state index in [0.717, 1.165) is 21.3 Å². The zero-order valence-electron chi connectivity index (χ0n) is 8.96. The van der Waals surface area contributed by atoms with Crippen molar-refractivity contribution in [1.82, 2.24) is 4.98 Å². The summed E-state index contributed by atoms with van der Waals surface area (Å²) in [7, 11) is 0. The maximum Gasteiger partial charge on any atom is 0.171 e. The highest BCUT2D eigenvalue weighted by molar-refractivity contribution is 7.97. The fraction of sp³-hybridized carbons (Fsp3) is 0.600. The van der Waals surface area contributed by atoms with E-state index in [4.69, 9.17) is 0 Å². The topological polar surface area (TPSA) is 30.0 Å². The van der Waals surface area contributed by atoms with Crippen LogP contribution >= 0.6 is 23.1 Å². The lowest BCUT2D eigenvalue weighted by Crippen LogP contribution is -1.97. The third-order valence-electron chi connectivity index (χ3n) is 1.83. The zero-order chi connectivity index (χ0) is 10.7. The largest absolute Gasteiger partial charge is 0.294 e. The van der Waals surface area contributed by atoms with Gasteiger partial charge in [-0.25, -0.2) is 4.98 Å². The molecular formula is C10H15NOS2. The second-order valence-corrected chi connectivity index (χ2v) is 5.42. The van der Waals surface area contributed by atoms with E-state index in [2.05, 4.69) is 18.8 Å². The van der Waals surface area contributed by atoms with Gasteiger partial charge in [0.05, 0.1) is 10.6 Å². The Balaban J connectivity index is 3.06. The van der Waals surface area contributed by atoms with Crippen molar-refractivity contribution in [2.45, 2.75) is 32.4 Å². The van der Waals surface area contributed by atoms with Crippen molar-refractivity contribution in [3.63, 3.8) is 0 Å². The van der Waals surface area contributed by atoms with Gasteiger partial charge in [0.25, 0.3) is 0 Å². The van der Waals surface area contributed by atoms with Gasteiger partial charge in [0.15, 0.2) is 5.78 Å². The Morgan fingerprint density at radius 1 is 1.57 bits per heavy atom. The highest BCUT2D eigenvalue weighted by atomic mass is 32.2. The van der Waals surface area contributed by atoms with Crippen LogP contribution in [0.15, 0.2) is 0 Å². The van der Waals surface area contributed by atoms with Crippen molar-refractivity contribution < 1.29 is 4.79 Å². The first-order valence-corrected chi connectivity index (χ1v) is 6.76. The number of carbonyl (C=O) groups excluding carboxylic acids is 1. The van der Waals surface area contributed by atoms with Crippen LogP contribution in [0.4, 0.5) is 0 Å².